The van der Waals surface area contributed by atoms with E-state index in [9.17, 15) is 14.7 Å². The van der Waals surface area contributed by atoms with Crippen molar-refractivity contribution < 1.29 is 19.4 Å². The number of ether oxygens (including phenoxy) is 1. The topological polar surface area (TPSA) is 78.9 Å². The van der Waals surface area contributed by atoms with Crippen LogP contribution in [0.1, 0.15) is 44.1 Å². The fraction of sp³-hybridized carbons (Fsp3) is 0.652. The van der Waals surface area contributed by atoms with E-state index in [-0.39, 0.29) is 42.6 Å². The van der Waals surface area contributed by atoms with Crippen molar-refractivity contribution in [3.05, 3.63) is 35.9 Å². The number of hydrogen-bond acceptors (Lipinski definition) is 5. The van der Waals surface area contributed by atoms with Gasteiger partial charge >= 0.3 is 5.97 Å². The van der Waals surface area contributed by atoms with E-state index in [1.807, 2.05) is 30.3 Å². The SMILES string of the molecule is O=C1CCC[C@H]([C@@H]2C[C@@H](CO)[C@@H]3C[C@H](OC(=O)Cc4ccccc4)CCN3C2)N1. The van der Waals surface area contributed by atoms with Crippen LogP contribution in [0.4, 0.5) is 0 Å². The Balaban J connectivity index is 1.33. The molecule has 0 radical (unpaired) electrons. The van der Waals surface area contributed by atoms with Crippen LogP contribution in [-0.2, 0) is 20.7 Å². The smallest absolute Gasteiger partial charge is 0.310 e. The molecule has 5 atom stereocenters. The van der Waals surface area contributed by atoms with Crippen molar-refractivity contribution in [1.82, 2.24) is 10.2 Å². The highest BCUT2D eigenvalue weighted by Gasteiger charge is 2.43. The molecule has 1 aromatic carbocycles. The number of aliphatic hydroxyl groups excluding tert-OH is 1. The molecule has 6 nitrogen and oxygen atoms in total. The normalized spacial score (nSPS) is 32.9. The summed E-state index contributed by atoms with van der Waals surface area (Å²) >= 11 is 0. The second-order valence-electron chi connectivity index (χ2n) is 8.87. The Morgan fingerprint density at radius 1 is 1.21 bits per heavy atom. The quantitative estimate of drug-likeness (QED) is 0.738. The molecule has 158 valence electrons. The zero-order valence-corrected chi connectivity index (χ0v) is 17.0. The summed E-state index contributed by atoms with van der Waals surface area (Å²) in [5.41, 5.74) is 0.971. The van der Waals surface area contributed by atoms with Crippen LogP contribution in [0.15, 0.2) is 30.3 Å². The Bertz CT molecular complexity index is 702. The number of carbonyl (C=O) groups is 2. The lowest BCUT2D eigenvalue weighted by atomic mass is 9.75. The van der Waals surface area contributed by atoms with Crippen molar-refractivity contribution >= 4 is 11.9 Å². The zero-order valence-electron chi connectivity index (χ0n) is 17.0. The number of amides is 1. The molecule has 0 aliphatic carbocycles. The molecule has 2 N–H and O–H groups in total. The van der Waals surface area contributed by atoms with Crippen LogP contribution in [0.5, 0.6) is 0 Å². The van der Waals surface area contributed by atoms with Crippen molar-refractivity contribution in [2.24, 2.45) is 11.8 Å². The summed E-state index contributed by atoms with van der Waals surface area (Å²) in [5.74, 6) is 0.551. The lowest BCUT2D eigenvalue weighted by Crippen LogP contribution is -2.59. The van der Waals surface area contributed by atoms with E-state index in [1.165, 1.54) is 0 Å². The standard InChI is InChI=1S/C23H32N2O4/c26-15-18-12-17(20-7-4-8-22(27)24-20)14-25-10-9-19(13-21(18)25)29-23(28)11-16-5-2-1-3-6-16/h1-3,5-6,17-21,26H,4,7-15H2,(H,24,27)/t17-,18+,19-,20-,21+/m1/s1. The van der Waals surface area contributed by atoms with Gasteiger partial charge in [-0.1, -0.05) is 30.3 Å². The number of benzene rings is 1. The van der Waals surface area contributed by atoms with E-state index in [1.54, 1.807) is 0 Å². The fourth-order valence-electron chi connectivity index (χ4n) is 5.42. The van der Waals surface area contributed by atoms with Gasteiger partial charge in [0.15, 0.2) is 0 Å². The molecule has 0 saturated carbocycles. The Kier molecular flexibility index (Phi) is 6.50. The molecule has 0 spiro atoms. The molecular weight excluding hydrogens is 368 g/mol. The summed E-state index contributed by atoms with van der Waals surface area (Å²) < 4.78 is 5.79. The van der Waals surface area contributed by atoms with Crippen LogP contribution < -0.4 is 5.32 Å². The van der Waals surface area contributed by atoms with Gasteiger partial charge in [0, 0.05) is 44.6 Å². The van der Waals surface area contributed by atoms with E-state index in [0.717, 1.165) is 50.8 Å². The van der Waals surface area contributed by atoms with Gasteiger partial charge in [-0.3, -0.25) is 14.5 Å². The third-order valence-corrected chi connectivity index (χ3v) is 6.89. The molecule has 3 fully saturated rings. The molecule has 0 aromatic heterocycles. The van der Waals surface area contributed by atoms with Gasteiger partial charge in [0.25, 0.3) is 0 Å². The number of piperidine rings is 3. The summed E-state index contributed by atoms with van der Waals surface area (Å²) in [7, 11) is 0. The summed E-state index contributed by atoms with van der Waals surface area (Å²) in [4.78, 5) is 26.6. The number of hydrogen-bond donors (Lipinski definition) is 2. The van der Waals surface area contributed by atoms with Crippen LogP contribution in [0.2, 0.25) is 0 Å². The van der Waals surface area contributed by atoms with Crippen LogP contribution in [0, 0.1) is 11.8 Å². The molecule has 3 aliphatic heterocycles. The van der Waals surface area contributed by atoms with Crippen molar-refractivity contribution in [3.8, 4) is 0 Å². The molecule has 3 aliphatic rings. The maximum Gasteiger partial charge on any atom is 0.310 e. The predicted octanol–water partition coefficient (Wildman–Crippen LogP) is 1.90. The number of nitrogens with zero attached hydrogens (tertiary/aromatic N) is 1. The van der Waals surface area contributed by atoms with Crippen LogP contribution in [0.25, 0.3) is 0 Å². The Hall–Kier alpha value is -1.92. The number of carbonyl (C=O) groups excluding carboxylic acids is 2. The predicted molar refractivity (Wildman–Crippen MR) is 109 cm³/mol. The first kappa shape index (κ1) is 20.4. The van der Waals surface area contributed by atoms with Gasteiger partial charge in [-0.15, -0.1) is 0 Å². The first-order valence-electron chi connectivity index (χ1n) is 11.0. The number of nitrogens with one attached hydrogen (secondary N) is 1. The minimum Gasteiger partial charge on any atom is -0.462 e. The molecule has 1 aromatic rings. The minimum absolute atomic E-state index is 0.0764. The van der Waals surface area contributed by atoms with Gasteiger partial charge in [-0.05, 0) is 43.1 Å². The third-order valence-electron chi connectivity index (χ3n) is 6.89. The van der Waals surface area contributed by atoms with Crippen LogP contribution in [0.3, 0.4) is 0 Å². The van der Waals surface area contributed by atoms with Gasteiger partial charge in [-0.2, -0.15) is 0 Å². The second kappa shape index (κ2) is 9.26. The van der Waals surface area contributed by atoms with Gasteiger partial charge in [-0.25, -0.2) is 0 Å². The highest BCUT2D eigenvalue weighted by molar-refractivity contribution is 5.77. The van der Waals surface area contributed by atoms with E-state index < -0.39 is 0 Å². The summed E-state index contributed by atoms with van der Waals surface area (Å²) in [6.07, 6.45) is 5.40. The van der Waals surface area contributed by atoms with Gasteiger partial charge < -0.3 is 15.2 Å². The molecular formula is C23H32N2O4. The summed E-state index contributed by atoms with van der Waals surface area (Å²) in [6.45, 7) is 1.97. The summed E-state index contributed by atoms with van der Waals surface area (Å²) in [6, 6.07) is 10.2. The zero-order chi connectivity index (χ0) is 20.2. The maximum atomic E-state index is 12.4. The molecule has 1 amide bonds. The largest absolute Gasteiger partial charge is 0.462 e. The monoisotopic (exact) mass is 400 g/mol. The summed E-state index contributed by atoms with van der Waals surface area (Å²) in [5, 5.41) is 13.2. The molecule has 3 saturated heterocycles. The first-order valence-corrected chi connectivity index (χ1v) is 11.0. The van der Waals surface area contributed by atoms with Crippen molar-refractivity contribution in [3.63, 3.8) is 0 Å². The van der Waals surface area contributed by atoms with E-state index in [4.69, 9.17) is 4.74 Å². The molecule has 6 heteroatoms. The molecule has 0 bridgehead atoms. The van der Waals surface area contributed by atoms with Gasteiger partial charge in [0.05, 0.1) is 6.42 Å². The second-order valence-corrected chi connectivity index (χ2v) is 8.87. The first-order chi connectivity index (χ1) is 14.1. The number of esters is 1. The Labute approximate surface area is 172 Å². The number of fused-ring (bicyclic) bond motifs is 1. The lowest BCUT2D eigenvalue weighted by molar-refractivity contribution is -0.153. The molecule has 29 heavy (non-hydrogen) atoms. The fourth-order valence-corrected chi connectivity index (χ4v) is 5.42. The third kappa shape index (κ3) is 4.98. The van der Waals surface area contributed by atoms with Crippen LogP contribution in [-0.4, -0.2) is 59.8 Å². The molecule has 0 unspecified atom stereocenters. The van der Waals surface area contributed by atoms with Crippen molar-refractivity contribution in [2.75, 3.05) is 19.7 Å². The Morgan fingerprint density at radius 3 is 2.79 bits per heavy atom. The minimum atomic E-state index is -0.172. The van der Waals surface area contributed by atoms with E-state index >= 15 is 0 Å². The highest BCUT2D eigenvalue weighted by atomic mass is 16.5. The van der Waals surface area contributed by atoms with Crippen molar-refractivity contribution in [1.29, 1.82) is 0 Å². The molecule has 3 heterocycles. The maximum absolute atomic E-state index is 12.4. The van der Waals surface area contributed by atoms with E-state index in [2.05, 4.69) is 10.2 Å². The average molecular weight is 401 g/mol. The van der Waals surface area contributed by atoms with Crippen LogP contribution >= 0.6 is 0 Å². The van der Waals surface area contributed by atoms with Gasteiger partial charge in [0.2, 0.25) is 5.91 Å². The Morgan fingerprint density at radius 2 is 2.03 bits per heavy atom. The average Bonchev–Trinajstić information content (AvgIpc) is 2.73. The highest BCUT2D eigenvalue weighted by Crippen LogP contribution is 2.37. The van der Waals surface area contributed by atoms with E-state index in [0.29, 0.717) is 18.8 Å². The van der Waals surface area contributed by atoms with Crippen molar-refractivity contribution in [2.45, 2.75) is 63.1 Å². The number of rotatable bonds is 5. The van der Waals surface area contributed by atoms with Gasteiger partial charge in [0.1, 0.15) is 6.10 Å². The lowest BCUT2D eigenvalue weighted by Gasteiger charge is -2.50. The number of aliphatic hydroxyl groups is 1. The molecule has 4 rings (SSSR count).